The summed E-state index contributed by atoms with van der Waals surface area (Å²) in [5, 5.41) is 9.52. The van der Waals surface area contributed by atoms with Crippen molar-refractivity contribution < 1.29 is 23.5 Å². The Bertz CT molecular complexity index is 2080. The Labute approximate surface area is 304 Å². The van der Waals surface area contributed by atoms with Crippen LogP contribution in [0.15, 0.2) is 143 Å². The van der Waals surface area contributed by atoms with Crippen molar-refractivity contribution in [1.82, 2.24) is 10.6 Å². The molecule has 0 aliphatic rings. The number of fused-ring (bicyclic) bond motifs is 1. The zero-order valence-electron chi connectivity index (χ0n) is 29.4. The van der Waals surface area contributed by atoms with Crippen LogP contribution in [0.3, 0.4) is 0 Å². The van der Waals surface area contributed by atoms with Gasteiger partial charge in [-0.25, -0.2) is 9.59 Å². The first-order valence-electron chi connectivity index (χ1n) is 17.7. The first-order valence-corrected chi connectivity index (χ1v) is 19.9. The maximum absolute atomic E-state index is 13.3. The van der Waals surface area contributed by atoms with Crippen LogP contribution >= 0.6 is 7.26 Å². The molecular weight excluding hydrogens is 671 g/mol. The van der Waals surface area contributed by atoms with Crippen LogP contribution in [-0.2, 0) is 6.42 Å². The van der Waals surface area contributed by atoms with Gasteiger partial charge in [-0.1, -0.05) is 0 Å². The quantitative estimate of drug-likeness (QED) is 0.0938. The third kappa shape index (κ3) is 8.09. The molecule has 0 atom stereocenters. The number of rotatable bonds is 13. The molecule has 52 heavy (non-hydrogen) atoms. The average Bonchev–Trinajstić information content (AvgIpc) is 3.17. The minimum atomic E-state index is -2.29. The molecule has 1 heterocycles. The summed E-state index contributed by atoms with van der Waals surface area (Å²) in [4.78, 5) is 38.0. The van der Waals surface area contributed by atoms with Gasteiger partial charge in [0.2, 0.25) is 0 Å². The average molecular weight is 715 g/mol. The Balaban J connectivity index is 1.23. The smallest absolute Gasteiger partial charge is 0.402 e. The normalized spacial score (nSPS) is 11.5. The molecule has 0 unspecified atom stereocenters. The van der Waals surface area contributed by atoms with Crippen molar-refractivity contribution in [3.05, 3.63) is 149 Å². The van der Waals surface area contributed by atoms with Crippen molar-refractivity contribution in [2.24, 2.45) is 0 Å². The molecule has 0 radical (unpaired) electrons. The van der Waals surface area contributed by atoms with Crippen LogP contribution in [0, 0.1) is 0 Å². The summed E-state index contributed by atoms with van der Waals surface area (Å²) < 4.78 is 17.1. The van der Waals surface area contributed by atoms with Gasteiger partial charge in [0, 0.05) is 13.1 Å². The molecule has 0 spiro atoms. The van der Waals surface area contributed by atoms with E-state index in [0.29, 0.717) is 24.4 Å². The van der Waals surface area contributed by atoms with Gasteiger partial charge in [0.1, 0.15) is 0 Å². The number of nitrogens with one attached hydrogen (secondary N) is 2. The number of ether oxygens (including phenoxy) is 2. The van der Waals surface area contributed by atoms with E-state index in [9.17, 15) is 14.4 Å². The Hall–Kier alpha value is -5.72. The fourth-order valence-corrected chi connectivity index (χ4v) is 11.6. The van der Waals surface area contributed by atoms with E-state index < -0.39 is 19.4 Å². The van der Waals surface area contributed by atoms with E-state index in [0.717, 1.165) is 25.4 Å². The fraction of sp³-hybridized carbons (Fsp3) is 0.186. The monoisotopic (exact) mass is 714 g/mol. The number of carbonyl (C=O) groups excluding carboxylic acids is 2. The second-order valence-corrected chi connectivity index (χ2v) is 16.5. The number of amides is 2. The molecule has 8 nitrogen and oxygen atoms in total. The van der Waals surface area contributed by atoms with Crippen LogP contribution in [0.4, 0.5) is 9.59 Å². The topological polar surface area (TPSA) is 107 Å². The number of unbranched alkanes of at least 4 members (excludes halogenated alkanes) is 1. The molecule has 0 saturated heterocycles. The third-order valence-corrected chi connectivity index (χ3v) is 14.2. The van der Waals surface area contributed by atoms with Crippen molar-refractivity contribution in [1.29, 1.82) is 0 Å². The van der Waals surface area contributed by atoms with Crippen molar-refractivity contribution in [3.63, 3.8) is 0 Å². The third-order valence-electron chi connectivity index (χ3n) is 9.16. The van der Waals surface area contributed by atoms with E-state index in [1.54, 1.807) is 13.8 Å². The van der Waals surface area contributed by atoms with Crippen LogP contribution in [0.5, 0.6) is 11.5 Å². The standard InChI is InChI=1S/C43H43N2O6P/c1-3-44-42(47)50-38-28-27-36-37(46)30-39(49-40(36)41(38)51-43(48)45-4-2)32-25-23-31(24-26-32)16-14-15-29-52(33-17-8-5-9-18-33,34-19-10-6-11-20-34)35-21-12-7-13-22-35/h5-13,17-28,30,52H,3-4,14-16,29H2,1-2H3,(H,44,47)(H,45,48). The van der Waals surface area contributed by atoms with Gasteiger partial charge in [0.05, 0.1) is 0 Å². The molecule has 1 aromatic heterocycles. The van der Waals surface area contributed by atoms with E-state index >= 15 is 0 Å². The summed E-state index contributed by atoms with van der Waals surface area (Å²) in [7, 11) is -2.29. The van der Waals surface area contributed by atoms with Gasteiger partial charge < -0.3 is 20.1 Å². The first kappa shape index (κ1) is 36.1. The summed E-state index contributed by atoms with van der Waals surface area (Å²) in [5.74, 6) is 0.0787. The molecule has 0 aliphatic heterocycles. The van der Waals surface area contributed by atoms with Gasteiger partial charge in [-0.15, -0.1) is 0 Å². The van der Waals surface area contributed by atoms with E-state index in [2.05, 4.69) is 114 Å². The number of carbonyl (C=O) groups is 2. The van der Waals surface area contributed by atoms with E-state index in [1.807, 2.05) is 12.1 Å². The Morgan fingerprint density at radius 2 is 1.19 bits per heavy atom. The summed E-state index contributed by atoms with van der Waals surface area (Å²) in [6.07, 6.45) is 2.55. The SMILES string of the molecule is CCNC(=O)Oc1ccc2c(=O)cc(-c3ccc(CCCC[PH](c4ccccc4)(c4ccccc4)c4ccccc4)cc3)oc2c1OC(=O)NCC. The van der Waals surface area contributed by atoms with Gasteiger partial charge in [-0.2, -0.15) is 0 Å². The van der Waals surface area contributed by atoms with Crippen molar-refractivity contribution in [2.45, 2.75) is 33.1 Å². The molecule has 9 heteroatoms. The number of aryl methyl sites for hydroxylation is 1. The summed E-state index contributed by atoms with van der Waals surface area (Å²) in [6.45, 7) is 4.15. The molecule has 6 rings (SSSR count). The molecular formula is C43H43N2O6P. The van der Waals surface area contributed by atoms with Crippen LogP contribution in [-0.4, -0.2) is 31.4 Å². The van der Waals surface area contributed by atoms with E-state index in [-0.39, 0.29) is 27.9 Å². The predicted molar refractivity (Wildman–Crippen MR) is 212 cm³/mol. The van der Waals surface area contributed by atoms with Gasteiger partial charge in [-0.3, -0.25) is 0 Å². The van der Waals surface area contributed by atoms with Crippen LogP contribution in [0.25, 0.3) is 22.3 Å². The maximum atomic E-state index is 13.3. The zero-order chi connectivity index (χ0) is 36.3. The van der Waals surface area contributed by atoms with Gasteiger partial charge in [0.15, 0.2) is 5.75 Å². The van der Waals surface area contributed by atoms with Gasteiger partial charge in [0.25, 0.3) is 0 Å². The second kappa shape index (κ2) is 17.0. The Kier molecular flexibility index (Phi) is 11.8. The second-order valence-electron chi connectivity index (χ2n) is 12.5. The number of benzene rings is 5. The summed E-state index contributed by atoms with van der Waals surface area (Å²) in [5.41, 5.74) is 1.54. The number of hydrogen-bond acceptors (Lipinski definition) is 6. The molecule has 0 fully saturated rings. The molecule has 2 N–H and O–H groups in total. The molecule has 0 saturated carbocycles. The van der Waals surface area contributed by atoms with Gasteiger partial charge in [-0.05, 0) is 26.0 Å². The molecule has 0 bridgehead atoms. The molecule has 0 aliphatic carbocycles. The van der Waals surface area contributed by atoms with Crippen LogP contribution < -0.4 is 41.4 Å². The minimum absolute atomic E-state index is 0.00234. The first-order chi connectivity index (χ1) is 25.4. The fourth-order valence-electron chi connectivity index (χ4n) is 6.70. The molecule has 6 aromatic rings. The summed E-state index contributed by atoms with van der Waals surface area (Å²) in [6, 6.07) is 45.2. The predicted octanol–water partition coefficient (Wildman–Crippen LogP) is 7.73. The van der Waals surface area contributed by atoms with Gasteiger partial charge >= 0.3 is 230 Å². The van der Waals surface area contributed by atoms with E-state index in [1.165, 1.54) is 39.7 Å². The van der Waals surface area contributed by atoms with Crippen molar-refractivity contribution in [2.75, 3.05) is 19.3 Å². The Morgan fingerprint density at radius 3 is 1.73 bits per heavy atom. The number of hydrogen-bond donors (Lipinski definition) is 2. The van der Waals surface area contributed by atoms with Crippen molar-refractivity contribution in [3.8, 4) is 22.8 Å². The van der Waals surface area contributed by atoms with E-state index in [4.69, 9.17) is 13.9 Å². The van der Waals surface area contributed by atoms with Crippen LogP contribution in [0.1, 0.15) is 32.3 Å². The Morgan fingerprint density at radius 1 is 0.654 bits per heavy atom. The molecule has 266 valence electrons. The zero-order valence-corrected chi connectivity index (χ0v) is 30.4. The minimum Gasteiger partial charge on any atom is -0.402 e. The van der Waals surface area contributed by atoms with Crippen LogP contribution in [0.2, 0.25) is 0 Å². The molecule has 2 amide bonds. The van der Waals surface area contributed by atoms with Crippen molar-refractivity contribution >= 4 is 46.3 Å². The molecule has 5 aromatic carbocycles. The summed E-state index contributed by atoms with van der Waals surface area (Å²) >= 11 is 0.